The Kier molecular flexibility index (Phi) is 3.81. The van der Waals surface area contributed by atoms with Gasteiger partial charge in [-0.25, -0.2) is 0 Å². The van der Waals surface area contributed by atoms with Gasteiger partial charge in [-0.15, -0.1) is 0 Å². The lowest BCUT2D eigenvalue weighted by atomic mass is 10.6. The Bertz CT molecular complexity index is 281. The van der Waals surface area contributed by atoms with Crippen LogP contribution in [-0.2, 0) is 14.9 Å². The molecule has 0 aliphatic carbocycles. The van der Waals surface area contributed by atoms with Gasteiger partial charge in [0.2, 0.25) is 0 Å². The van der Waals surface area contributed by atoms with E-state index in [2.05, 4.69) is 4.74 Å². The molecule has 0 atom stereocenters. The molecule has 0 unspecified atom stereocenters. The number of alkyl halides is 5. The first-order valence-corrected chi connectivity index (χ1v) is 4.60. The number of ether oxygens (including phenoxy) is 1. The van der Waals surface area contributed by atoms with Crippen LogP contribution in [0.5, 0.6) is 0 Å². The molecule has 10 heteroatoms. The van der Waals surface area contributed by atoms with Gasteiger partial charge in [-0.05, 0) is 0 Å². The van der Waals surface area contributed by atoms with Crippen molar-refractivity contribution in [3.63, 3.8) is 0 Å². The lowest BCUT2D eigenvalue weighted by Gasteiger charge is -2.18. The van der Waals surface area contributed by atoms with E-state index in [9.17, 15) is 30.4 Å². The van der Waals surface area contributed by atoms with Crippen molar-refractivity contribution in [1.82, 2.24) is 0 Å². The Labute approximate surface area is 75.4 Å². The second-order valence-electron chi connectivity index (χ2n) is 2.15. The molecule has 0 heterocycles. The molecule has 0 radical (unpaired) electrons. The molecule has 0 aromatic rings. The summed E-state index contributed by atoms with van der Waals surface area (Å²) in [5.74, 6) is -1.33. The first-order chi connectivity index (χ1) is 5.96. The smallest absolute Gasteiger partial charge is 0.312 e. The SMILES string of the molecule is O=S(=O)(O)CCOC(F)(F)C(F)(F)F. The van der Waals surface area contributed by atoms with E-state index in [-0.39, 0.29) is 0 Å². The lowest BCUT2D eigenvalue weighted by molar-refractivity contribution is -0.389. The summed E-state index contributed by atoms with van der Waals surface area (Å²) in [6.45, 7) is -1.45. The topological polar surface area (TPSA) is 63.6 Å². The van der Waals surface area contributed by atoms with Gasteiger partial charge in [-0.1, -0.05) is 0 Å². The third-order valence-corrected chi connectivity index (χ3v) is 1.64. The van der Waals surface area contributed by atoms with Gasteiger partial charge in [0.1, 0.15) is 0 Å². The minimum absolute atomic E-state index is 1.33. The van der Waals surface area contributed by atoms with Gasteiger partial charge >= 0.3 is 12.3 Å². The minimum atomic E-state index is -5.91. The van der Waals surface area contributed by atoms with Crippen molar-refractivity contribution in [2.24, 2.45) is 0 Å². The largest absolute Gasteiger partial charge is 0.482 e. The van der Waals surface area contributed by atoms with Gasteiger partial charge in [-0.2, -0.15) is 30.4 Å². The van der Waals surface area contributed by atoms with Crippen molar-refractivity contribution in [3.8, 4) is 0 Å². The van der Waals surface area contributed by atoms with Gasteiger partial charge in [0.05, 0.1) is 12.4 Å². The van der Waals surface area contributed by atoms with Crippen LogP contribution in [0.1, 0.15) is 0 Å². The Morgan fingerprint density at radius 2 is 1.57 bits per heavy atom. The van der Waals surface area contributed by atoms with Crippen LogP contribution >= 0.6 is 0 Å². The van der Waals surface area contributed by atoms with Crippen LogP contribution in [0, 0.1) is 0 Å². The fourth-order valence-electron chi connectivity index (χ4n) is 0.357. The van der Waals surface area contributed by atoms with Crippen LogP contribution in [0.3, 0.4) is 0 Å². The highest BCUT2D eigenvalue weighted by molar-refractivity contribution is 7.85. The Hall–Kier alpha value is -0.480. The molecule has 0 spiro atoms. The third-order valence-electron chi connectivity index (χ3n) is 0.955. The molecule has 0 fully saturated rings. The second-order valence-corrected chi connectivity index (χ2v) is 3.72. The van der Waals surface area contributed by atoms with Crippen LogP contribution in [-0.4, -0.2) is 37.6 Å². The van der Waals surface area contributed by atoms with Crippen LogP contribution in [0.15, 0.2) is 0 Å². The van der Waals surface area contributed by atoms with Crippen LogP contribution in [0.2, 0.25) is 0 Å². The van der Waals surface area contributed by atoms with Crippen LogP contribution in [0.25, 0.3) is 0 Å². The third kappa shape index (κ3) is 4.67. The van der Waals surface area contributed by atoms with Crippen LogP contribution in [0.4, 0.5) is 22.0 Å². The molecule has 0 saturated carbocycles. The van der Waals surface area contributed by atoms with Gasteiger partial charge in [0, 0.05) is 0 Å². The zero-order valence-electron chi connectivity index (χ0n) is 6.38. The summed E-state index contributed by atoms with van der Waals surface area (Å²) in [4.78, 5) is 0. The molecule has 14 heavy (non-hydrogen) atoms. The Morgan fingerprint density at radius 1 is 1.14 bits per heavy atom. The highest BCUT2D eigenvalue weighted by atomic mass is 32.2. The molecule has 0 bridgehead atoms. The summed E-state index contributed by atoms with van der Waals surface area (Å²) in [5, 5.41) is 0. The lowest BCUT2D eigenvalue weighted by Crippen LogP contribution is -2.40. The number of halogens is 5. The Balaban J connectivity index is 4.15. The fraction of sp³-hybridized carbons (Fsp3) is 1.00. The molecular weight excluding hydrogens is 239 g/mol. The van der Waals surface area contributed by atoms with Gasteiger partial charge in [0.15, 0.2) is 0 Å². The molecule has 0 aliphatic heterocycles. The molecule has 0 aliphatic rings. The average Bonchev–Trinajstić information content (AvgIpc) is 1.80. The Morgan fingerprint density at radius 3 is 1.86 bits per heavy atom. The fourth-order valence-corrected chi connectivity index (χ4v) is 0.651. The zero-order chi connectivity index (χ0) is 11.6. The summed E-state index contributed by atoms with van der Waals surface area (Å²) in [6, 6.07) is 0. The standard InChI is InChI=1S/C4H5F5O4S/c5-3(6,7)4(8,9)13-1-2-14(10,11)12/h1-2H2,(H,10,11,12). The van der Waals surface area contributed by atoms with Gasteiger partial charge in [0.25, 0.3) is 10.1 Å². The van der Waals surface area contributed by atoms with Crippen molar-refractivity contribution in [1.29, 1.82) is 0 Å². The molecule has 0 saturated heterocycles. The summed E-state index contributed by atoms with van der Waals surface area (Å²) < 4.78 is 88.7. The van der Waals surface area contributed by atoms with E-state index >= 15 is 0 Å². The van der Waals surface area contributed by atoms with E-state index < -0.39 is 34.8 Å². The monoisotopic (exact) mass is 244 g/mol. The summed E-state index contributed by atoms with van der Waals surface area (Å²) >= 11 is 0. The highest BCUT2D eigenvalue weighted by Gasteiger charge is 2.59. The van der Waals surface area contributed by atoms with Crippen molar-refractivity contribution in [2.45, 2.75) is 12.3 Å². The van der Waals surface area contributed by atoms with E-state index in [0.717, 1.165) is 0 Å². The summed E-state index contributed by atoms with van der Waals surface area (Å²) in [5.41, 5.74) is 0. The molecule has 4 nitrogen and oxygen atoms in total. The number of hydrogen-bond acceptors (Lipinski definition) is 3. The van der Waals surface area contributed by atoms with Gasteiger partial charge in [-0.3, -0.25) is 4.55 Å². The van der Waals surface area contributed by atoms with Crippen molar-refractivity contribution in [3.05, 3.63) is 0 Å². The summed E-state index contributed by atoms with van der Waals surface area (Å²) in [7, 11) is -4.62. The van der Waals surface area contributed by atoms with Crippen molar-refractivity contribution in [2.75, 3.05) is 12.4 Å². The average molecular weight is 244 g/mol. The summed E-state index contributed by atoms with van der Waals surface area (Å²) in [6.07, 6.45) is -11.3. The zero-order valence-corrected chi connectivity index (χ0v) is 7.20. The maximum Gasteiger partial charge on any atom is 0.482 e. The molecule has 86 valence electrons. The first kappa shape index (κ1) is 13.5. The highest BCUT2D eigenvalue weighted by Crippen LogP contribution is 2.36. The van der Waals surface area contributed by atoms with Crippen molar-refractivity contribution < 1.29 is 39.7 Å². The van der Waals surface area contributed by atoms with E-state index in [0.29, 0.717) is 0 Å². The predicted molar refractivity (Wildman–Crippen MR) is 33.4 cm³/mol. The number of hydrogen-bond donors (Lipinski definition) is 1. The molecule has 0 amide bonds. The van der Waals surface area contributed by atoms with E-state index in [1.807, 2.05) is 0 Å². The minimum Gasteiger partial charge on any atom is -0.312 e. The molecular formula is C4H5F5O4S. The van der Waals surface area contributed by atoms with E-state index in [1.54, 1.807) is 0 Å². The first-order valence-electron chi connectivity index (χ1n) is 2.99. The quantitative estimate of drug-likeness (QED) is 0.593. The molecule has 0 rings (SSSR count). The van der Waals surface area contributed by atoms with Gasteiger partial charge < -0.3 is 4.74 Å². The van der Waals surface area contributed by atoms with Crippen LogP contribution < -0.4 is 0 Å². The van der Waals surface area contributed by atoms with Crippen molar-refractivity contribution >= 4 is 10.1 Å². The molecule has 0 aromatic heterocycles. The molecule has 0 aromatic carbocycles. The normalized spacial score (nSPS) is 14.4. The van der Waals surface area contributed by atoms with E-state index in [4.69, 9.17) is 4.55 Å². The van der Waals surface area contributed by atoms with E-state index in [1.165, 1.54) is 0 Å². The molecule has 1 N–H and O–H groups in total. The number of rotatable bonds is 4. The maximum atomic E-state index is 11.9. The predicted octanol–water partition coefficient (Wildman–Crippen LogP) is 1.05. The second kappa shape index (κ2) is 3.95. The maximum absolute atomic E-state index is 11.9.